The second-order valence-corrected chi connectivity index (χ2v) is 8.65. The molecule has 5 aromatic rings. The van der Waals surface area contributed by atoms with E-state index < -0.39 is 0 Å². The van der Waals surface area contributed by atoms with Crippen molar-refractivity contribution in [3.8, 4) is 17.1 Å². The zero-order valence-corrected chi connectivity index (χ0v) is 19.8. The van der Waals surface area contributed by atoms with Crippen LogP contribution in [0.25, 0.3) is 28.0 Å². The lowest BCUT2D eigenvalue weighted by molar-refractivity contribution is 0.829. The number of hydrogen-bond acceptors (Lipinski definition) is 3. The van der Waals surface area contributed by atoms with Gasteiger partial charge in [-0.3, -0.25) is 4.79 Å². The Morgan fingerprint density at radius 1 is 0.909 bits per heavy atom. The highest BCUT2D eigenvalue weighted by Gasteiger charge is 2.14. The van der Waals surface area contributed by atoms with E-state index >= 15 is 0 Å². The van der Waals surface area contributed by atoms with Gasteiger partial charge in [0.05, 0.1) is 22.8 Å². The zero-order chi connectivity index (χ0) is 22.9. The van der Waals surface area contributed by atoms with Gasteiger partial charge in [-0.05, 0) is 60.1 Å². The van der Waals surface area contributed by atoms with Crippen molar-refractivity contribution in [3.63, 3.8) is 0 Å². The predicted molar refractivity (Wildman–Crippen MR) is 137 cm³/mol. The summed E-state index contributed by atoms with van der Waals surface area (Å²) in [6.45, 7) is 4.11. The van der Waals surface area contributed by atoms with Gasteiger partial charge in [-0.25, -0.2) is 4.98 Å². The summed E-state index contributed by atoms with van der Waals surface area (Å²) in [5.74, 6) is 0.509. The van der Waals surface area contributed by atoms with E-state index in [1.165, 1.54) is 4.68 Å². The van der Waals surface area contributed by atoms with Crippen molar-refractivity contribution in [1.29, 1.82) is 0 Å². The molecule has 162 valence electrons. The van der Waals surface area contributed by atoms with Crippen LogP contribution in [0.5, 0.6) is 0 Å². The fourth-order valence-electron chi connectivity index (χ4n) is 4.05. The van der Waals surface area contributed by atoms with Crippen molar-refractivity contribution in [1.82, 2.24) is 14.2 Å². The molecule has 6 heteroatoms. The molecule has 0 atom stereocenters. The molecule has 0 radical (unpaired) electrons. The van der Waals surface area contributed by atoms with E-state index in [2.05, 4.69) is 44.7 Å². The normalized spacial score (nSPS) is 11.5. The van der Waals surface area contributed by atoms with Crippen LogP contribution in [0, 0.1) is 13.8 Å². The number of para-hydroxylation sites is 2. The molecule has 0 saturated heterocycles. The topological polar surface area (TPSA) is 52.2 Å². The lowest BCUT2D eigenvalue weighted by atomic mass is 10.2. The summed E-state index contributed by atoms with van der Waals surface area (Å²) in [6, 6.07) is 27.2. The number of rotatable bonds is 4. The molecule has 0 amide bonds. The van der Waals surface area contributed by atoms with Crippen LogP contribution in [0.15, 0.2) is 99.3 Å². The number of hydrogen-bond donors (Lipinski definition) is 0. The maximum Gasteiger partial charge on any atom is 0.282 e. The predicted octanol–water partition coefficient (Wildman–Crippen LogP) is 6.12. The highest BCUT2D eigenvalue weighted by molar-refractivity contribution is 9.10. The standard InChI is InChI=1S/C27H21BrN4O/c1-18-16-21(19(2)31(18)25-15-9-7-13-23(25)28)17-29-32-26(20-10-4-3-5-11-20)30-24-14-8-6-12-22(24)27(32)33/h3-17H,1-2H3. The molecule has 2 aromatic heterocycles. The van der Waals surface area contributed by atoms with Crippen LogP contribution in [0.2, 0.25) is 0 Å². The van der Waals surface area contributed by atoms with Gasteiger partial charge in [-0.2, -0.15) is 9.78 Å². The summed E-state index contributed by atoms with van der Waals surface area (Å²) in [4.78, 5) is 18.1. The molecule has 2 heterocycles. The first-order valence-corrected chi connectivity index (χ1v) is 11.4. The minimum absolute atomic E-state index is 0.199. The SMILES string of the molecule is Cc1cc(C=Nn2c(-c3ccccc3)nc3ccccc3c2=O)c(C)n1-c1ccccc1Br. The molecule has 0 spiro atoms. The van der Waals surface area contributed by atoms with Crippen molar-refractivity contribution in [2.24, 2.45) is 5.10 Å². The van der Waals surface area contributed by atoms with Gasteiger partial charge in [0.2, 0.25) is 0 Å². The number of fused-ring (bicyclic) bond motifs is 1. The molecule has 3 aromatic carbocycles. The van der Waals surface area contributed by atoms with E-state index in [1.54, 1.807) is 12.3 Å². The van der Waals surface area contributed by atoms with Crippen molar-refractivity contribution in [3.05, 3.63) is 117 Å². The molecule has 0 aliphatic carbocycles. The third-order valence-electron chi connectivity index (χ3n) is 5.66. The fraction of sp³-hybridized carbons (Fsp3) is 0.0741. The Morgan fingerprint density at radius 3 is 2.39 bits per heavy atom. The molecule has 33 heavy (non-hydrogen) atoms. The van der Waals surface area contributed by atoms with E-state index in [0.717, 1.165) is 32.7 Å². The molecular formula is C27H21BrN4O. The summed E-state index contributed by atoms with van der Waals surface area (Å²) in [6.07, 6.45) is 1.74. The zero-order valence-electron chi connectivity index (χ0n) is 18.2. The second-order valence-electron chi connectivity index (χ2n) is 7.79. The minimum Gasteiger partial charge on any atom is -0.317 e. The maximum atomic E-state index is 13.4. The summed E-state index contributed by atoms with van der Waals surface area (Å²) in [7, 11) is 0. The smallest absolute Gasteiger partial charge is 0.282 e. The van der Waals surface area contributed by atoms with Crippen LogP contribution in [0.4, 0.5) is 0 Å². The highest BCUT2D eigenvalue weighted by atomic mass is 79.9. The lowest BCUT2D eigenvalue weighted by Gasteiger charge is -2.11. The summed E-state index contributed by atoms with van der Waals surface area (Å²) in [5.41, 5.74) is 5.38. The van der Waals surface area contributed by atoms with Gasteiger partial charge in [-0.15, -0.1) is 0 Å². The van der Waals surface area contributed by atoms with Gasteiger partial charge < -0.3 is 4.57 Å². The Balaban J connectivity index is 1.67. The fourth-order valence-corrected chi connectivity index (χ4v) is 4.51. The van der Waals surface area contributed by atoms with Gasteiger partial charge in [0.1, 0.15) is 0 Å². The van der Waals surface area contributed by atoms with Gasteiger partial charge in [-0.1, -0.05) is 54.6 Å². The minimum atomic E-state index is -0.199. The van der Waals surface area contributed by atoms with Crippen LogP contribution in [-0.2, 0) is 0 Å². The van der Waals surface area contributed by atoms with Crippen LogP contribution in [0.3, 0.4) is 0 Å². The third kappa shape index (κ3) is 3.83. The van der Waals surface area contributed by atoms with E-state index in [1.807, 2.05) is 73.7 Å². The first-order valence-electron chi connectivity index (χ1n) is 10.6. The summed E-state index contributed by atoms with van der Waals surface area (Å²) < 4.78 is 4.57. The number of nitrogens with zero attached hydrogens (tertiary/aromatic N) is 4. The Kier molecular flexibility index (Phi) is 5.52. The molecule has 0 fully saturated rings. The van der Waals surface area contributed by atoms with Crippen LogP contribution in [0.1, 0.15) is 17.0 Å². The van der Waals surface area contributed by atoms with Gasteiger partial charge in [0.25, 0.3) is 5.56 Å². The lowest BCUT2D eigenvalue weighted by Crippen LogP contribution is -2.20. The molecule has 0 aliphatic heterocycles. The quantitative estimate of drug-likeness (QED) is 0.281. The maximum absolute atomic E-state index is 13.4. The van der Waals surface area contributed by atoms with Crippen LogP contribution in [-0.4, -0.2) is 20.4 Å². The largest absolute Gasteiger partial charge is 0.317 e. The van der Waals surface area contributed by atoms with Crippen molar-refractivity contribution in [2.45, 2.75) is 13.8 Å². The first kappa shape index (κ1) is 21.1. The van der Waals surface area contributed by atoms with Crippen molar-refractivity contribution >= 4 is 33.0 Å². The average Bonchev–Trinajstić information content (AvgIpc) is 3.12. The highest BCUT2D eigenvalue weighted by Crippen LogP contribution is 2.26. The van der Waals surface area contributed by atoms with Crippen molar-refractivity contribution in [2.75, 3.05) is 0 Å². The summed E-state index contributed by atoms with van der Waals surface area (Å²) >= 11 is 3.65. The number of halogens is 1. The molecule has 0 N–H and O–H groups in total. The van der Waals surface area contributed by atoms with Crippen LogP contribution < -0.4 is 5.56 Å². The second kappa shape index (κ2) is 8.64. The van der Waals surface area contributed by atoms with E-state index in [-0.39, 0.29) is 5.56 Å². The molecule has 0 bridgehead atoms. The molecule has 5 rings (SSSR count). The molecule has 0 saturated carbocycles. The van der Waals surface area contributed by atoms with E-state index in [9.17, 15) is 4.79 Å². The van der Waals surface area contributed by atoms with Gasteiger partial charge >= 0.3 is 0 Å². The number of benzene rings is 3. The van der Waals surface area contributed by atoms with E-state index in [0.29, 0.717) is 16.7 Å². The van der Waals surface area contributed by atoms with Gasteiger partial charge in [0.15, 0.2) is 5.82 Å². The Hall–Kier alpha value is -3.77. The Bertz CT molecular complexity index is 1560. The Morgan fingerprint density at radius 2 is 1.61 bits per heavy atom. The molecule has 0 unspecified atom stereocenters. The number of aryl methyl sites for hydroxylation is 1. The van der Waals surface area contributed by atoms with Crippen LogP contribution >= 0.6 is 15.9 Å². The first-order chi connectivity index (χ1) is 16.0. The van der Waals surface area contributed by atoms with E-state index in [4.69, 9.17) is 4.98 Å². The monoisotopic (exact) mass is 496 g/mol. The summed E-state index contributed by atoms with van der Waals surface area (Å²) in [5, 5.41) is 5.16. The van der Waals surface area contributed by atoms with Gasteiger partial charge in [0, 0.05) is 27.0 Å². The van der Waals surface area contributed by atoms with Crippen molar-refractivity contribution < 1.29 is 0 Å². The third-order valence-corrected chi connectivity index (χ3v) is 6.33. The molecule has 0 aliphatic rings. The Labute approximate surface area is 199 Å². The average molecular weight is 497 g/mol. The molecule has 5 nitrogen and oxygen atoms in total. The number of aromatic nitrogens is 3. The molecular weight excluding hydrogens is 476 g/mol.